The van der Waals surface area contributed by atoms with Crippen LogP contribution in [0.2, 0.25) is 0 Å². The van der Waals surface area contributed by atoms with Crippen molar-refractivity contribution >= 4 is 23.3 Å². The van der Waals surface area contributed by atoms with Gasteiger partial charge in [0.25, 0.3) is 5.78 Å². The third-order valence-corrected chi connectivity index (χ3v) is 6.11. The summed E-state index contributed by atoms with van der Waals surface area (Å²) in [5.41, 5.74) is 1.96. The average Bonchev–Trinajstić information content (AvgIpc) is 3.48. The highest BCUT2D eigenvalue weighted by Crippen LogP contribution is 2.42. The van der Waals surface area contributed by atoms with Gasteiger partial charge in [0, 0.05) is 11.6 Å². The van der Waals surface area contributed by atoms with E-state index in [2.05, 4.69) is 5.16 Å². The number of anilines is 1. The molecule has 8 heteroatoms. The molecule has 1 amide bonds. The molecule has 186 valence electrons. The van der Waals surface area contributed by atoms with Gasteiger partial charge < -0.3 is 19.1 Å². The second kappa shape index (κ2) is 10.0. The number of aryl methyl sites for hydroxylation is 1. The van der Waals surface area contributed by atoms with Gasteiger partial charge in [-0.2, -0.15) is 0 Å². The maximum absolute atomic E-state index is 13.2. The molecular weight excluding hydrogens is 472 g/mol. The average molecular weight is 497 g/mol. The number of carbonyl (C=O) groups excluding carboxylic acids is 2. The molecule has 37 heavy (non-hydrogen) atoms. The topological polar surface area (TPSA) is 102 Å². The normalized spacial score (nSPS) is 16.7. The van der Waals surface area contributed by atoms with Crippen LogP contribution < -0.4 is 14.4 Å². The van der Waals surface area contributed by atoms with Gasteiger partial charge in [-0.05, 0) is 54.4 Å². The number of hydrogen-bond acceptors (Lipinski definition) is 7. The number of nitrogens with zero attached hydrogens (tertiary/aromatic N) is 2. The Kier molecular flexibility index (Phi) is 6.47. The Balaban J connectivity index is 1.54. The summed E-state index contributed by atoms with van der Waals surface area (Å²) in [5.74, 6) is -0.0350. The number of amides is 1. The SMILES string of the molecule is COc1ccc(C(O)=C2C(=O)C(=O)N(c3cc(C)on3)[C@@H]2c2ccc(OCc3ccccc3)cc2)cc1. The maximum Gasteiger partial charge on any atom is 0.301 e. The van der Waals surface area contributed by atoms with Crippen LogP contribution in [0.15, 0.2) is 95.0 Å². The molecule has 3 aromatic carbocycles. The lowest BCUT2D eigenvalue weighted by molar-refractivity contribution is -0.132. The van der Waals surface area contributed by atoms with Crippen LogP contribution >= 0.6 is 0 Å². The van der Waals surface area contributed by atoms with Gasteiger partial charge in [-0.15, -0.1) is 0 Å². The van der Waals surface area contributed by atoms with E-state index in [1.165, 1.54) is 12.0 Å². The van der Waals surface area contributed by atoms with Crippen molar-refractivity contribution in [1.29, 1.82) is 0 Å². The Morgan fingerprint density at radius 1 is 0.973 bits per heavy atom. The van der Waals surface area contributed by atoms with Crippen molar-refractivity contribution in [2.24, 2.45) is 0 Å². The predicted molar refractivity (Wildman–Crippen MR) is 136 cm³/mol. The van der Waals surface area contributed by atoms with Crippen LogP contribution in [0.4, 0.5) is 5.82 Å². The van der Waals surface area contributed by atoms with Crippen molar-refractivity contribution in [3.05, 3.63) is 113 Å². The fourth-order valence-electron chi connectivity index (χ4n) is 4.24. The van der Waals surface area contributed by atoms with E-state index in [-0.39, 0.29) is 17.2 Å². The number of carbonyl (C=O) groups is 2. The first-order valence-corrected chi connectivity index (χ1v) is 11.6. The molecule has 0 bridgehead atoms. The molecule has 1 fully saturated rings. The van der Waals surface area contributed by atoms with E-state index in [9.17, 15) is 14.7 Å². The van der Waals surface area contributed by atoms with Gasteiger partial charge in [-0.25, -0.2) is 0 Å². The Morgan fingerprint density at radius 2 is 1.65 bits per heavy atom. The van der Waals surface area contributed by atoms with Crippen LogP contribution in [0.5, 0.6) is 11.5 Å². The van der Waals surface area contributed by atoms with E-state index in [1.54, 1.807) is 61.5 Å². The summed E-state index contributed by atoms with van der Waals surface area (Å²) < 4.78 is 16.2. The number of aliphatic hydroxyl groups excluding tert-OH is 1. The lowest BCUT2D eigenvalue weighted by Crippen LogP contribution is -2.29. The van der Waals surface area contributed by atoms with Gasteiger partial charge in [0.1, 0.15) is 29.6 Å². The molecular formula is C29H24N2O6. The number of rotatable bonds is 7. The zero-order valence-corrected chi connectivity index (χ0v) is 20.3. The highest BCUT2D eigenvalue weighted by Gasteiger charge is 2.48. The molecule has 1 saturated heterocycles. The summed E-state index contributed by atoms with van der Waals surface area (Å²) in [6.45, 7) is 2.09. The summed E-state index contributed by atoms with van der Waals surface area (Å²) in [6, 6.07) is 24.1. The zero-order chi connectivity index (χ0) is 25.9. The minimum atomic E-state index is -0.922. The molecule has 0 aliphatic carbocycles. The third-order valence-electron chi connectivity index (χ3n) is 6.11. The first-order valence-electron chi connectivity index (χ1n) is 11.6. The predicted octanol–water partition coefficient (Wildman–Crippen LogP) is 5.20. The Bertz CT molecular complexity index is 1460. The Labute approximate surface area is 213 Å². The molecule has 0 radical (unpaired) electrons. The van der Waals surface area contributed by atoms with Gasteiger partial charge in [0.05, 0.1) is 18.7 Å². The monoisotopic (exact) mass is 496 g/mol. The molecule has 4 aromatic rings. The van der Waals surface area contributed by atoms with E-state index >= 15 is 0 Å². The number of hydrogen-bond donors (Lipinski definition) is 1. The van der Waals surface area contributed by atoms with Crippen molar-refractivity contribution in [1.82, 2.24) is 5.16 Å². The second-order valence-corrected chi connectivity index (χ2v) is 8.54. The summed E-state index contributed by atoms with van der Waals surface area (Å²) in [5, 5.41) is 15.2. The van der Waals surface area contributed by atoms with Crippen molar-refractivity contribution in [2.45, 2.75) is 19.6 Å². The van der Waals surface area contributed by atoms with Crippen LogP contribution in [-0.2, 0) is 16.2 Å². The zero-order valence-electron chi connectivity index (χ0n) is 20.3. The van der Waals surface area contributed by atoms with Crippen LogP contribution in [0.1, 0.15) is 28.5 Å². The highest BCUT2D eigenvalue weighted by molar-refractivity contribution is 6.51. The number of ether oxygens (including phenoxy) is 2. The summed E-state index contributed by atoms with van der Waals surface area (Å²) in [6.07, 6.45) is 0. The Morgan fingerprint density at radius 3 is 2.27 bits per heavy atom. The van der Waals surface area contributed by atoms with Gasteiger partial charge in [-0.3, -0.25) is 14.5 Å². The largest absolute Gasteiger partial charge is 0.507 e. The number of benzene rings is 3. The standard InChI is InChI=1S/C29H24N2O6/c1-18-16-24(30-37-18)31-26(20-8-14-23(15-9-20)36-17-19-6-4-3-5-7-19)25(28(33)29(31)34)27(32)21-10-12-22(35-2)13-11-21/h3-16,26,32H,17H2,1-2H3/t26-/m1/s1. The van der Waals surface area contributed by atoms with Crippen molar-refractivity contribution in [2.75, 3.05) is 12.0 Å². The fraction of sp³-hybridized carbons (Fsp3) is 0.138. The maximum atomic E-state index is 13.2. The van der Waals surface area contributed by atoms with Crippen LogP contribution in [0, 0.1) is 6.92 Å². The van der Waals surface area contributed by atoms with Crippen LogP contribution in [0.25, 0.3) is 5.76 Å². The molecule has 1 aromatic heterocycles. The molecule has 1 N–H and O–H groups in total. The van der Waals surface area contributed by atoms with Gasteiger partial charge in [0.15, 0.2) is 5.82 Å². The molecule has 8 nitrogen and oxygen atoms in total. The van der Waals surface area contributed by atoms with Crippen molar-refractivity contribution in [3.63, 3.8) is 0 Å². The van der Waals surface area contributed by atoms with Crippen LogP contribution in [-0.4, -0.2) is 29.1 Å². The number of Topliss-reactive ketones (excluding diaryl/α,β-unsaturated/α-hetero) is 1. The number of methoxy groups -OCH3 is 1. The molecule has 1 atom stereocenters. The number of aliphatic hydroxyl groups is 1. The quantitative estimate of drug-likeness (QED) is 0.213. The van der Waals surface area contributed by atoms with Gasteiger partial charge in [0.2, 0.25) is 0 Å². The van der Waals surface area contributed by atoms with Gasteiger partial charge >= 0.3 is 5.91 Å². The molecule has 2 heterocycles. The number of ketones is 1. The van der Waals surface area contributed by atoms with E-state index in [4.69, 9.17) is 14.0 Å². The smallest absolute Gasteiger partial charge is 0.301 e. The minimum absolute atomic E-state index is 0.0474. The first kappa shape index (κ1) is 23.9. The summed E-state index contributed by atoms with van der Waals surface area (Å²) in [7, 11) is 1.54. The molecule has 0 spiro atoms. The molecule has 5 rings (SSSR count). The van der Waals surface area contributed by atoms with E-state index < -0.39 is 17.7 Å². The minimum Gasteiger partial charge on any atom is -0.507 e. The first-order chi connectivity index (χ1) is 18.0. The van der Waals surface area contributed by atoms with Gasteiger partial charge in [-0.1, -0.05) is 47.6 Å². The number of aromatic nitrogens is 1. The molecule has 0 unspecified atom stereocenters. The van der Waals surface area contributed by atoms with E-state index in [0.29, 0.717) is 35.0 Å². The molecule has 0 saturated carbocycles. The lowest BCUT2D eigenvalue weighted by Gasteiger charge is -2.23. The van der Waals surface area contributed by atoms with E-state index in [1.807, 2.05) is 30.3 Å². The molecule has 1 aliphatic rings. The fourth-order valence-corrected chi connectivity index (χ4v) is 4.24. The van der Waals surface area contributed by atoms with Crippen LogP contribution in [0.3, 0.4) is 0 Å². The Hall–Kier alpha value is -4.85. The van der Waals surface area contributed by atoms with Crippen molar-refractivity contribution < 1.29 is 28.7 Å². The molecule has 1 aliphatic heterocycles. The summed E-state index contributed by atoms with van der Waals surface area (Å²) >= 11 is 0. The van der Waals surface area contributed by atoms with E-state index in [0.717, 1.165) is 5.56 Å². The summed E-state index contributed by atoms with van der Waals surface area (Å²) in [4.78, 5) is 27.6. The second-order valence-electron chi connectivity index (χ2n) is 8.54. The lowest BCUT2D eigenvalue weighted by atomic mass is 9.95. The highest BCUT2D eigenvalue weighted by atomic mass is 16.5. The third kappa shape index (κ3) is 4.69. The van der Waals surface area contributed by atoms with Crippen molar-refractivity contribution in [3.8, 4) is 11.5 Å².